The molecule has 0 amide bonds. The van der Waals surface area contributed by atoms with Crippen LogP contribution < -0.4 is 0 Å². The highest BCUT2D eigenvalue weighted by atomic mass is 79.9. The first-order valence-corrected chi connectivity index (χ1v) is 7.51. The third-order valence-electron chi connectivity index (χ3n) is 4.27. The molecule has 0 spiro atoms. The van der Waals surface area contributed by atoms with Crippen molar-refractivity contribution in [3.63, 3.8) is 0 Å². The Hall–Kier alpha value is -0.300. The van der Waals surface area contributed by atoms with Gasteiger partial charge in [0.05, 0.1) is 0 Å². The van der Waals surface area contributed by atoms with E-state index in [-0.39, 0.29) is 0 Å². The van der Waals surface area contributed by atoms with Gasteiger partial charge in [0.25, 0.3) is 0 Å². The Kier molecular flexibility index (Phi) is 3.97. The SMILES string of the molecule is CC(C)(C)C1CCC(c2cccc(Br)c2)CC1. The van der Waals surface area contributed by atoms with Crippen molar-refractivity contribution >= 4 is 15.9 Å². The Balaban J connectivity index is 2.00. The second-order valence-corrected chi connectivity index (χ2v) is 7.39. The number of hydrogen-bond donors (Lipinski definition) is 0. The van der Waals surface area contributed by atoms with Crippen LogP contribution in [-0.4, -0.2) is 0 Å². The van der Waals surface area contributed by atoms with Crippen molar-refractivity contribution in [1.82, 2.24) is 0 Å². The fourth-order valence-corrected chi connectivity index (χ4v) is 3.47. The molecule has 0 atom stereocenters. The average molecular weight is 295 g/mol. The molecule has 1 aromatic carbocycles. The first kappa shape index (κ1) is 13.1. The van der Waals surface area contributed by atoms with Crippen LogP contribution in [0.4, 0.5) is 0 Å². The van der Waals surface area contributed by atoms with E-state index in [9.17, 15) is 0 Å². The van der Waals surface area contributed by atoms with E-state index in [1.807, 2.05) is 0 Å². The molecule has 0 radical (unpaired) electrons. The maximum atomic E-state index is 3.57. The number of benzene rings is 1. The first-order valence-electron chi connectivity index (χ1n) is 6.72. The van der Waals surface area contributed by atoms with Gasteiger partial charge in [-0.2, -0.15) is 0 Å². The van der Waals surface area contributed by atoms with Gasteiger partial charge in [-0.05, 0) is 60.6 Å². The van der Waals surface area contributed by atoms with E-state index >= 15 is 0 Å². The van der Waals surface area contributed by atoms with Crippen LogP contribution in [0.25, 0.3) is 0 Å². The van der Waals surface area contributed by atoms with Gasteiger partial charge in [0, 0.05) is 4.47 Å². The maximum absolute atomic E-state index is 3.57. The summed E-state index contributed by atoms with van der Waals surface area (Å²) in [6, 6.07) is 8.86. The Labute approximate surface area is 114 Å². The van der Waals surface area contributed by atoms with Crippen molar-refractivity contribution in [2.75, 3.05) is 0 Å². The maximum Gasteiger partial charge on any atom is 0.0178 e. The van der Waals surface area contributed by atoms with E-state index in [1.165, 1.54) is 35.7 Å². The summed E-state index contributed by atoms with van der Waals surface area (Å²) in [5.41, 5.74) is 2.01. The van der Waals surface area contributed by atoms with E-state index in [1.54, 1.807) is 0 Å². The summed E-state index contributed by atoms with van der Waals surface area (Å²) in [6.45, 7) is 7.16. The minimum absolute atomic E-state index is 0.488. The Bertz CT molecular complexity index is 367. The molecule has 0 saturated heterocycles. The van der Waals surface area contributed by atoms with Crippen LogP contribution in [-0.2, 0) is 0 Å². The lowest BCUT2D eigenvalue weighted by Gasteiger charge is -2.37. The van der Waals surface area contributed by atoms with Gasteiger partial charge in [-0.25, -0.2) is 0 Å². The van der Waals surface area contributed by atoms with Gasteiger partial charge < -0.3 is 0 Å². The third kappa shape index (κ3) is 3.34. The van der Waals surface area contributed by atoms with Gasteiger partial charge in [0.2, 0.25) is 0 Å². The molecule has 0 aliphatic heterocycles. The normalized spacial score (nSPS) is 25.9. The Morgan fingerprint density at radius 3 is 2.24 bits per heavy atom. The summed E-state index contributed by atoms with van der Waals surface area (Å²) in [4.78, 5) is 0. The smallest absolute Gasteiger partial charge is 0.0178 e. The zero-order valence-electron chi connectivity index (χ0n) is 11.2. The topological polar surface area (TPSA) is 0 Å². The molecule has 1 saturated carbocycles. The van der Waals surface area contributed by atoms with Crippen molar-refractivity contribution in [3.8, 4) is 0 Å². The number of halogens is 1. The minimum atomic E-state index is 0.488. The van der Waals surface area contributed by atoms with Gasteiger partial charge in [-0.15, -0.1) is 0 Å². The van der Waals surface area contributed by atoms with Gasteiger partial charge >= 0.3 is 0 Å². The highest BCUT2D eigenvalue weighted by Gasteiger charge is 2.30. The summed E-state index contributed by atoms with van der Waals surface area (Å²) in [5.74, 6) is 1.69. The summed E-state index contributed by atoms with van der Waals surface area (Å²) in [7, 11) is 0. The fraction of sp³-hybridized carbons (Fsp3) is 0.625. The fourth-order valence-electron chi connectivity index (χ4n) is 3.05. The largest absolute Gasteiger partial charge is 0.0609 e. The van der Waals surface area contributed by atoms with Crippen molar-refractivity contribution in [2.24, 2.45) is 11.3 Å². The van der Waals surface area contributed by atoms with E-state index in [2.05, 4.69) is 61.0 Å². The molecule has 1 aliphatic rings. The van der Waals surface area contributed by atoms with E-state index in [0.29, 0.717) is 5.41 Å². The van der Waals surface area contributed by atoms with Gasteiger partial charge in [-0.1, -0.05) is 48.8 Å². The molecular weight excluding hydrogens is 272 g/mol. The van der Waals surface area contributed by atoms with E-state index < -0.39 is 0 Å². The molecule has 0 aromatic heterocycles. The third-order valence-corrected chi connectivity index (χ3v) is 4.77. The molecule has 0 N–H and O–H groups in total. The van der Waals surface area contributed by atoms with E-state index in [0.717, 1.165) is 11.8 Å². The molecular formula is C16H23Br. The molecule has 17 heavy (non-hydrogen) atoms. The molecule has 1 aliphatic carbocycles. The van der Waals surface area contributed by atoms with Crippen LogP contribution in [0.2, 0.25) is 0 Å². The molecule has 0 bridgehead atoms. The molecule has 94 valence electrons. The second-order valence-electron chi connectivity index (χ2n) is 6.47. The minimum Gasteiger partial charge on any atom is -0.0609 e. The molecule has 0 unspecified atom stereocenters. The van der Waals surface area contributed by atoms with Crippen molar-refractivity contribution in [3.05, 3.63) is 34.3 Å². The van der Waals surface area contributed by atoms with Crippen molar-refractivity contribution < 1.29 is 0 Å². The average Bonchev–Trinajstić information content (AvgIpc) is 2.28. The van der Waals surface area contributed by atoms with Crippen LogP contribution in [0.3, 0.4) is 0 Å². The Morgan fingerprint density at radius 1 is 1.06 bits per heavy atom. The Morgan fingerprint density at radius 2 is 1.71 bits per heavy atom. The number of rotatable bonds is 1. The summed E-state index contributed by atoms with van der Waals surface area (Å²) in [5, 5.41) is 0. The quantitative estimate of drug-likeness (QED) is 0.617. The monoisotopic (exact) mass is 294 g/mol. The van der Waals surface area contributed by atoms with Crippen LogP contribution in [0, 0.1) is 11.3 Å². The first-order chi connectivity index (χ1) is 7.97. The lowest BCUT2D eigenvalue weighted by molar-refractivity contribution is 0.169. The molecule has 1 heteroatoms. The molecule has 0 heterocycles. The molecule has 0 nitrogen and oxygen atoms in total. The van der Waals surface area contributed by atoms with Crippen molar-refractivity contribution in [1.29, 1.82) is 0 Å². The lowest BCUT2D eigenvalue weighted by Crippen LogP contribution is -2.25. The van der Waals surface area contributed by atoms with Gasteiger partial charge in [0.15, 0.2) is 0 Å². The van der Waals surface area contributed by atoms with Gasteiger partial charge in [0.1, 0.15) is 0 Å². The highest BCUT2D eigenvalue weighted by Crippen LogP contribution is 2.43. The number of hydrogen-bond acceptors (Lipinski definition) is 0. The zero-order chi connectivity index (χ0) is 12.5. The van der Waals surface area contributed by atoms with Crippen LogP contribution >= 0.6 is 15.9 Å². The zero-order valence-corrected chi connectivity index (χ0v) is 12.8. The lowest BCUT2D eigenvalue weighted by atomic mass is 9.69. The predicted octanol–water partition coefficient (Wildman–Crippen LogP) is 5.77. The van der Waals surface area contributed by atoms with E-state index in [4.69, 9.17) is 0 Å². The standard InChI is InChI=1S/C16H23Br/c1-16(2,3)14-9-7-12(8-10-14)13-5-4-6-15(17)11-13/h4-6,11-12,14H,7-10H2,1-3H3. The van der Waals surface area contributed by atoms with Crippen molar-refractivity contribution in [2.45, 2.75) is 52.4 Å². The van der Waals surface area contributed by atoms with Crippen LogP contribution in [0.1, 0.15) is 57.9 Å². The highest BCUT2D eigenvalue weighted by molar-refractivity contribution is 9.10. The summed E-state index contributed by atoms with van der Waals surface area (Å²) in [6.07, 6.45) is 5.50. The predicted molar refractivity (Wildman–Crippen MR) is 78.3 cm³/mol. The van der Waals surface area contributed by atoms with Gasteiger partial charge in [-0.3, -0.25) is 0 Å². The second kappa shape index (κ2) is 5.14. The molecule has 1 fully saturated rings. The van der Waals surface area contributed by atoms with Crippen LogP contribution in [0.5, 0.6) is 0 Å². The van der Waals surface area contributed by atoms with Crippen LogP contribution in [0.15, 0.2) is 28.7 Å². The summed E-state index contributed by atoms with van der Waals surface area (Å²) >= 11 is 3.57. The molecule has 2 rings (SSSR count). The molecule has 1 aromatic rings. The summed E-state index contributed by atoms with van der Waals surface area (Å²) < 4.78 is 1.22.